The quantitative estimate of drug-likeness (QED) is 0.611. The molecule has 0 saturated carbocycles. The highest BCUT2D eigenvalue weighted by atomic mass is 16.1. The van der Waals surface area contributed by atoms with Crippen molar-refractivity contribution in [3.05, 3.63) is 82.3 Å². The second-order valence-corrected chi connectivity index (χ2v) is 7.02. The van der Waals surface area contributed by atoms with Crippen LogP contribution in [0, 0.1) is 12.8 Å². The van der Waals surface area contributed by atoms with Crippen molar-refractivity contribution in [3.8, 4) is 5.69 Å². The summed E-state index contributed by atoms with van der Waals surface area (Å²) in [6.45, 7) is 5.27. The van der Waals surface area contributed by atoms with Gasteiger partial charge in [-0.25, -0.2) is 9.67 Å². The molecule has 0 spiro atoms. The van der Waals surface area contributed by atoms with Gasteiger partial charge < -0.3 is 0 Å². The Bertz CT molecular complexity index is 1060. The normalized spacial score (nSPS) is 12.8. The number of carbonyl (C=O) groups is 1. The van der Waals surface area contributed by atoms with Gasteiger partial charge in [-0.15, -0.1) is 0 Å². The molecular weight excluding hydrogens is 350 g/mol. The summed E-state index contributed by atoms with van der Waals surface area (Å²) in [5, 5.41) is 0. The molecule has 0 aliphatic carbocycles. The monoisotopic (exact) mass is 375 g/mol. The zero-order valence-electron chi connectivity index (χ0n) is 16.7. The molecular formula is C23H25N3O2. The fourth-order valence-corrected chi connectivity index (χ4v) is 3.37. The first kappa shape index (κ1) is 19.5. The van der Waals surface area contributed by atoms with Gasteiger partial charge in [0, 0.05) is 12.8 Å². The van der Waals surface area contributed by atoms with Crippen molar-refractivity contribution in [2.75, 3.05) is 0 Å². The zero-order chi connectivity index (χ0) is 20.3. The summed E-state index contributed by atoms with van der Waals surface area (Å²) in [4.78, 5) is 29.9. The van der Waals surface area contributed by atoms with Crippen molar-refractivity contribution in [3.63, 3.8) is 0 Å². The number of aromatic nitrogens is 2. The standard InChI is InChI=1S/C23H25N3O2/c1-16(21(18(3)27)15-19-11-7-5-8-12-19)24-22-17(2)25(4)26(23(22)28)20-13-9-6-10-14-20/h5-14,21H,15H2,1-4H3. The van der Waals surface area contributed by atoms with Crippen LogP contribution in [-0.2, 0) is 18.3 Å². The summed E-state index contributed by atoms with van der Waals surface area (Å²) >= 11 is 0. The summed E-state index contributed by atoms with van der Waals surface area (Å²) in [5.74, 6) is -0.311. The summed E-state index contributed by atoms with van der Waals surface area (Å²) in [5.41, 5.74) is 3.46. The van der Waals surface area contributed by atoms with E-state index in [0.29, 0.717) is 17.8 Å². The molecule has 0 fully saturated rings. The SMILES string of the molecule is CC(=O)C(Cc1ccccc1)C(C)=Nc1c(C)n(C)n(-c2ccccc2)c1=O. The summed E-state index contributed by atoms with van der Waals surface area (Å²) in [6.07, 6.45) is 0.574. The molecule has 1 atom stereocenters. The zero-order valence-corrected chi connectivity index (χ0v) is 16.7. The van der Waals surface area contributed by atoms with Gasteiger partial charge in [0.15, 0.2) is 5.69 Å². The lowest BCUT2D eigenvalue weighted by Gasteiger charge is -2.13. The van der Waals surface area contributed by atoms with Crippen molar-refractivity contribution in [1.82, 2.24) is 9.36 Å². The predicted molar refractivity (Wildman–Crippen MR) is 113 cm³/mol. The van der Waals surface area contributed by atoms with Crippen LogP contribution in [0.1, 0.15) is 25.1 Å². The molecule has 0 amide bonds. The molecule has 0 N–H and O–H groups in total. The molecule has 0 saturated heterocycles. The molecule has 1 heterocycles. The van der Waals surface area contributed by atoms with Crippen LogP contribution in [0.2, 0.25) is 0 Å². The highest BCUT2D eigenvalue weighted by molar-refractivity contribution is 6.04. The van der Waals surface area contributed by atoms with Crippen LogP contribution in [0.5, 0.6) is 0 Å². The molecule has 0 radical (unpaired) electrons. The number of para-hydroxylation sites is 1. The van der Waals surface area contributed by atoms with Crippen molar-refractivity contribution in [2.45, 2.75) is 27.2 Å². The van der Waals surface area contributed by atoms with Crippen LogP contribution < -0.4 is 5.56 Å². The van der Waals surface area contributed by atoms with Crippen LogP contribution in [0.15, 0.2) is 70.5 Å². The number of aliphatic imine (C=N–C) groups is 1. The van der Waals surface area contributed by atoms with Crippen LogP contribution in [0.3, 0.4) is 0 Å². The molecule has 3 rings (SSSR count). The Morgan fingerprint density at radius 2 is 1.57 bits per heavy atom. The van der Waals surface area contributed by atoms with Crippen molar-refractivity contribution >= 4 is 17.2 Å². The minimum atomic E-state index is -0.355. The Kier molecular flexibility index (Phi) is 5.73. The average molecular weight is 375 g/mol. The van der Waals surface area contributed by atoms with Gasteiger partial charge in [-0.2, -0.15) is 0 Å². The maximum atomic E-state index is 13.0. The van der Waals surface area contributed by atoms with Crippen molar-refractivity contribution in [1.29, 1.82) is 0 Å². The van der Waals surface area contributed by atoms with Gasteiger partial charge in [0.25, 0.3) is 5.56 Å². The molecule has 28 heavy (non-hydrogen) atoms. The van der Waals surface area contributed by atoms with Crippen LogP contribution in [-0.4, -0.2) is 20.9 Å². The Morgan fingerprint density at radius 3 is 2.14 bits per heavy atom. The van der Waals surface area contributed by atoms with Gasteiger partial charge in [-0.3, -0.25) is 14.3 Å². The topological polar surface area (TPSA) is 56.4 Å². The lowest BCUT2D eigenvalue weighted by Crippen LogP contribution is -2.23. The lowest BCUT2D eigenvalue weighted by molar-refractivity contribution is -0.118. The summed E-state index contributed by atoms with van der Waals surface area (Å²) < 4.78 is 3.39. The third kappa shape index (κ3) is 3.88. The van der Waals surface area contributed by atoms with Crippen LogP contribution in [0.4, 0.5) is 5.69 Å². The van der Waals surface area contributed by atoms with Crippen LogP contribution in [0.25, 0.3) is 5.69 Å². The van der Waals surface area contributed by atoms with Gasteiger partial charge >= 0.3 is 0 Å². The first-order valence-corrected chi connectivity index (χ1v) is 9.33. The molecule has 1 aromatic heterocycles. The molecule has 0 aliphatic heterocycles. The highest BCUT2D eigenvalue weighted by Crippen LogP contribution is 2.20. The van der Waals surface area contributed by atoms with Gasteiger partial charge in [-0.1, -0.05) is 48.5 Å². The molecule has 0 aliphatic rings. The third-order valence-electron chi connectivity index (χ3n) is 5.09. The van der Waals surface area contributed by atoms with E-state index in [0.717, 1.165) is 16.9 Å². The average Bonchev–Trinajstić information content (AvgIpc) is 2.90. The number of Topliss-reactive ketones (excluding diaryl/α,β-unsaturated/α-hetero) is 1. The Hall–Kier alpha value is -3.21. The van der Waals surface area contributed by atoms with Crippen molar-refractivity contribution < 1.29 is 4.79 Å². The Morgan fingerprint density at radius 1 is 1.00 bits per heavy atom. The van der Waals surface area contributed by atoms with E-state index in [4.69, 9.17) is 0 Å². The van der Waals surface area contributed by atoms with E-state index < -0.39 is 0 Å². The molecule has 144 valence electrons. The first-order chi connectivity index (χ1) is 13.4. The first-order valence-electron chi connectivity index (χ1n) is 9.33. The minimum Gasteiger partial charge on any atom is -0.299 e. The van der Waals surface area contributed by atoms with Gasteiger partial charge in [-0.05, 0) is 44.9 Å². The molecule has 2 aromatic carbocycles. The fraction of sp³-hybridized carbons (Fsp3) is 0.261. The molecule has 5 nitrogen and oxygen atoms in total. The second-order valence-electron chi connectivity index (χ2n) is 7.02. The Balaban J connectivity index is 2.02. The fourth-order valence-electron chi connectivity index (χ4n) is 3.37. The van der Waals surface area contributed by atoms with Gasteiger partial charge in [0.2, 0.25) is 0 Å². The molecule has 0 bridgehead atoms. The minimum absolute atomic E-state index is 0.0436. The van der Waals surface area contributed by atoms with Crippen molar-refractivity contribution in [2.24, 2.45) is 18.0 Å². The maximum absolute atomic E-state index is 13.0. The summed E-state index contributed by atoms with van der Waals surface area (Å²) in [6, 6.07) is 19.3. The third-order valence-corrected chi connectivity index (χ3v) is 5.09. The predicted octanol–water partition coefficient (Wildman–Crippen LogP) is 4.02. The van der Waals surface area contributed by atoms with Gasteiger partial charge in [0.1, 0.15) is 5.78 Å². The molecule has 5 heteroatoms. The van der Waals surface area contributed by atoms with E-state index in [1.807, 2.05) is 81.6 Å². The number of carbonyl (C=O) groups excluding carboxylic acids is 1. The van der Waals surface area contributed by atoms with Crippen LogP contribution >= 0.6 is 0 Å². The largest absolute Gasteiger partial charge is 0.299 e. The number of hydrogen-bond donors (Lipinski definition) is 0. The smallest absolute Gasteiger partial charge is 0.297 e. The van der Waals surface area contributed by atoms with Gasteiger partial charge in [0.05, 0.1) is 17.3 Å². The number of benzene rings is 2. The van der Waals surface area contributed by atoms with E-state index in [-0.39, 0.29) is 17.3 Å². The highest BCUT2D eigenvalue weighted by Gasteiger charge is 2.21. The molecule has 1 unspecified atom stereocenters. The Labute approximate surface area is 165 Å². The van der Waals surface area contributed by atoms with E-state index in [1.165, 1.54) is 0 Å². The van der Waals surface area contributed by atoms with E-state index >= 15 is 0 Å². The lowest BCUT2D eigenvalue weighted by atomic mass is 9.92. The van der Waals surface area contributed by atoms with E-state index in [9.17, 15) is 9.59 Å². The number of rotatable bonds is 6. The molecule has 3 aromatic rings. The summed E-state index contributed by atoms with van der Waals surface area (Å²) in [7, 11) is 1.84. The van der Waals surface area contributed by atoms with E-state index in [1.54, 1.807) is 16.3 Å². The second kappa shape index (κ2) is 8.21. The van der Waals surface area contributed by atoms with E-state index in [2.05, 4.69) is 4.99 Å². The number of ketones is 1. The number of nitrogens with zero attached hydrogens (tertiary/aromatic N) is 3. The number of hydrogen-bond acceptors (Lipinski definition) is 3. The maximum Gasteiger partial charge on any atom is 0.297 e.